The molecule has 1 amide bonds. The quantitative estimate of drug-likeness (QED) is 0.562. The summed E-state index contributed by atoms with van der Waals surface area (Å²) in [4.78, 5) is 17.4. The van der Waals surface area contributed by atoms with Crippen LogP contribution in [-0.2, 0) is 13.2 Å². The summed E-state index contributed by atoms with van der Waals surface area (Å²) in [6.07, 6.45) is 0. The molecule has 0 radical (unpaired) electrons. The molecule has 0 N–H and O–H groups in total. The van der Waals surface area contributed by atoms with Gasteiger partial charge in [-0.3, -0.25) is 9.69 Å². The molecule has 3 aromatic rings. The normalized spacial score (nSPS) is 14.4. The minimum absolute atomic E-state index is 0.106. The van der Waals surface area contributed by atoms with E-state index in [2.05, 4.69) is 41.2 Å². The van der Waals surface area contributed by atoms with Gasteiger partial charge in [-0.1, -0.05) is 35.0 Å². The first-order valence-corrected chi connectivity index (χ1v) is 10.8. The second-order valence-electron chi connectivity index (χ2n) is 8.09. The predicted octanol–water partition coefficient (Wildman–Crippen LogP) is 3.84. The highest BCUT2D eigenvalue weighted by Crippen LogP contribution is 2.22. The second-order valence-corrected chi connectivity index (χ2v) is 8.09. The van der Waals surface area contributed by atoms with E-state index in [1.165, 1.54) is 11.1 Å². The number of amides is 1. The van der Waals surface area contributed by atoms with Crippen molar-refractivity contribution in [3.05, 3.63) is 76.7 Å². The third kappa shape index (κ3) is 5.11. The molecular formula is C25H29N3O4. The van der Waals surface area contributed by atoms with Gasteiger partial charge in [0.15, 0.2) is 5.69 Å². The van der Waals surface area contributed by atoms with Gasteiger partial charge in [-0.25, -0.2) is 0 Å². The molecule has 1 fully saturated rings. The molecule has 1 saturated heterocycles. The van der Waals surface area contributed by atoms with Crippen LogP contribution in [0.3, 0.4) is 0 Å². The van der Waals surface area contributed by atoms with Crippen molar-refractivity contribution >= 4 is 5.91 Å². The molecule has 1 aromatic heterocycles. The molecule has 2 heterocycles. The monoisotopic (exact) mass is 435 g/mol. The molecule has 1 aliphatic heterocycles. The van der Waals surface area contributed by atoms with Gasteiger partial charge in [0.2, 0.25) is 0 Å². The summed E-state index contributed by atoms with van der Waals surface area (Å²) >= 11 is 0. The van der Waals surface area contributed by atoms with Crippen molar-refractivity contribution in [2.24, 2.45) is 0 Å². The largest absolute Gasteiger partial charge is 0.497 e. The van der Waals surface area contributed by atoms with E-state index < -0.39 is 0 Å². The highest BCUT2D eigenvalue weighted by Gasteiger charge is 2.28. The van der Waals surface area contributed by atoms with Crippen LogP contribution in [-0.4, -0.2) is 54.2 Å². The van der Waals surface area contributed by atoms with E-state index in [1.807, 2.05) is 29.2 Å². The van der Waals surface area contributed by atoms with Crippen molar-refractivity contribution in [2.45, 2.75) is 27.0 Å². The third-order valence-corrected chi connectivity index (χ3v) is 5.78. The number of hydrogen-bond acceptors (Lipinski definition) is 6. The molecule has 2 aromatic carbocycles. The fraction of sp³-hybridized carbons (Fsp3) is 0.360. The van der Waals surface area contributed by atoms with E-state index in [4.69, 9.17) is 14.0 Å². The maximum absolute atomic E-state index is 13.2. The molecule has 1 aliphatic rings. The summed E-state index contributed by atoms with van der Waals surface area (Å²) in [5.74, 6) is 1.94. The summed E-state index contributed by atoms with van der Waals surface area (Å²) < 4.78 is 16.4. The number of carbonyl (C=O) groups excluding carboxylic acids is 1. The van der Waals surface area contributed by atoms with Crippen LogP contribution in [0.2, 0.25) is 0 Å². The number of ether oxygens (including phenoxy) is 2. The molecule has 168 valence electrons. The molecule has 0 atom stereocenters. The Morgan fingerprint density at radius 3 is 2.44 bits per heavy atom. The molecule has 0 unspecified atom stereocenters. The van der Waals surface area contributed by atoms with Crippen LogP contribution in [0, 0.1) is 13.8 Å². The van der Waals surface area contributed by atoms with Crippen LogP contribution in [0.5, 0.6) is 11.5 Å². The smallest absolute Gasteiger partial charge is 0.276 e. The number of carbonyl (C=O) groups is 1. The number of piperazine rings is 1. The van der Waals surface area contributed by atoms with Gasteiger partial charge in [0, 0.05) is 32.7 Å². The third-order valence-electron chi connectivity index (χ3n) is 5.78. The standard InChI is InChI=1S/C25H29N3O4/c1-18-5-4-6-20(15-18)16-27-11-13-28(14-12-27)25(29)24-23(19(2)32-26-24)17-31-22-9-7-21(30-3)8-10-22/h4-10,15H,11-14,16-17H2,1-3H3. The first-order chi connectivity index (χ1) is 15.5. The Bertz CT molecular complexity index is 1050. The average molecular weight is 436 g/mol. The first-order valence-electron chi connectivity index (χ1n) is 10.8. The first kappa shape index (κ1) is 21.9. The van der Waals surface area contributed by atoms with Crippen molar-refractivity contribution in [3.63, 3.8) is 0 Å². The van der Waals surface area contributed by atoms with Gasteiger partial charge >= 0.3 is 0 Å². The maximum atomic E-state index is 13.2. The minimum Gasteiger partial charge on any atom is -0.497 e. The molecule has 7 heteroatoms. The summed E-state index contributed by atoms with van der Waals surface area (Å²) in [5.41, 5.74) is 3.59. The summed E-state index contributed by atoms with van der Waals surface area (Å²) in [5, 5.41) is 4.05. The van der Waals surface area contributed by atoms with Gasteiger partial charge in [0.25, 0.3) is 5.91 Å². The highest BCUT2D eigenvalue weighted by atomic mass is 16.5. The second kappa shape index (κ2) is 9.87. The van der Waals surface area contributed by atoms with Crippen molar-refractivity contribution < 1.29 is 18.8 Å². The zero-order valence-corrected chi connectivity index (χ0v) is 18.8. The van der Waals surface area contributed by atoms with Gasteiger partial charge in [0.05, 0.1) is 12.7 Å². The average Bonchev–Trinajstić information content (AvgIpc) is 3.18. The van der Waals surface area contributed by atoms with Crippen LogP contribution >= 0.6 is 0 Å². The van der Waals surface area contributed by atoms with Crippen LogP contribution < -0.4 is 9.47 Å². The van der Waals surface area contributed by atoms with Crippen LogP contribution in [0.25, 0.3) is 0 Å². The summed E-state index contributed by atoms with van der Waals surface area (Å²) in [6.45, 7) is 8.00. The predicted molar refractivity (Wildman–Crippen MR) is 121 cm³/mol. The number of nitrogens with zero attached hydrogens (tertiary/aromatic N) is 3. The molecule has 0 spiro atoms. The molecule has 0 aliphatic carbocycles. The van der Waals surface area contributed by atoms with E-state index in [9.17, 15) is 4.79 Å². The molecule has 0 saturated carbocycles. The number of methoxy groups -OCH3 is 1. The van der Waals surface area contributed by atoms with Gasteiger partial charge in [0.1, 0.15) is 23.9 Å². The van der Waals surface area contributed by atoms with E-state index in [0.29, 0.717) is 35.9 Å². The number of hydrogen-bond donors (Lipinski definition) is 0. The number of aryl methyl sites for hydroxylation is 2. The molecule has 32 heavy (non-hydrogen) atoms. The molecule has 0 bridgehead atoms. The lowest BCUT2D eigenvalue weighted by Crippen LogP contribution is -2.48. The van der Waals surface area contributed by atoms with E-state index in [0.717, 1.165) is 25.4 Å². The SMILES string of the molecule is COc1ccc(OCc2c(C(=O)N3CCN(Cc4cccc(C)c4)CC3)noc2C)cc1. The lowest BCUT2D eigenvalue weighted by Gasteiger charge is -2.34. The Kier molecular flexibility index (Phi) is 6.75. The van der Waals surface area contributed by atoms with Crippen molar-refractivity contribution in [3.8, 4) is 11.5 Å². The zero-order chi connectivity index (χ0) is 22.5. The lowest BCUT2D eigenvalue weighted by atomic mass is 10.1. The Morgan fingerprint density at radius 2 is 1.75 bits per heavy atom. The topological polar surface area (TPSA) is 68.0 Å². The molecule has 7 nitrogen and oxygen atoms in total. The number of benzene rings is 2. The van der Waals surface area contributed by atoms with Crippen LogP contribution in [0.15, 0.2) is 53.1 Å². The summed E-state index contributed by atoms with van der Waals surface area (Å²) in [7, 11) is 1.62. The van der Waals surface area contributed by atoms with Crippen LogP contribution in [0.1, 0.15) is 32.9 Å². The Hall–Kier alpha value is -3.32. The van der Waals surface area contributed by atoms with Gasteiger partial charge in [-0.2, -0.15) is 0 Å². The van der Waals surface area contributed by atoms with Gasteiger partial charge in [-0.15, -0.1) is 0 Å². The summed E-state index contributed by atoms with van der Waals surface area (Å²) in [6, 6.07) is 15.9. The number of rotatable bonds is 7. The lowest BCUT2D eigenvalue weighted by molar-refractivity contribution is 0.0616. The van der Waals surface area contributed by atoms with Crippen molar-refractivity contribution in [1.29, 1.82) is 0 Å². The van der Waals surface area contributed by atoms with Crippen molar-refractivity contribution in [2.75, 3.05) is 33.3 Å². The van der Waals surface area contributed by atoms with E-state index in [1.54, 1.807) is 14.0 Å². The van der Waals surface area contributed by atoms with Crippen LogP contribution in [0.4, 0.5) is 0 Å². The molecular weight excluding hydrogens is 406 g/mol. The van der Waals surface area contributed by atoms with E-state index >= 15 is 0 Å². The van der Waals surface area contributed by atoms with Gasteiger partial charge in [-0.05, 0) is 43.7 Å². The highest BCUT2D eigenvalue weighted by molar-refractivity contribution is 5.93. The number of aromatic nitrogens is 1. The van der Waals surface area contributed by atoms with Gasteiger partial charge < -0.3 is 18.9 Å². The maximum Gasteiger partial charge on any atom is 0.276 e. The van der Waals surface area contributed by atoms with E-state index in [-0.39, 0.29) is 12.5 Å². The Morgan fingerprint density at radius 1 is 1.03 bits per heavy atom. The minimum atomic E-state index is -0.106. The Balaban J connectivity index is 1.35. The van der Waals surface area contributed by atoms with Crippen molar-refractivity contribution in [1.82, 2.24) is 15.0 Å². The fourth-order valence-electron chi connectivity index (χ4n) is 3.88. The zero-order valence-electron chi connectivity index (χ0n) is 18.8. The Labute approximate surface area is 188 Å². The fourth-order valence-corrected chi connectivity index (χ4v) is 3.88. The molecule has 4 rings (SSSR count).